The lowest BCUT2D eigenvalue weighted by Gasteiger charge is -2.31. The molecule has 39 heavy (non-hydrogen) atoms. The molecule has 1 aliphatic rings. The van der Waals surface area contributed by atoms with Crippen LogP contribution in [0.1, 0.15) is 24.0 Å². The van der Waals surface area contributed by atoms with E-state index in [0.29, 0.717) is 37.1 Å². The summed E-state index contributed by atoms with van der Waals surface area (Å²) < 4.78 is 23.2. The predicted molar refractivity (Wildman–Crippen MR) is 147 cm³/mol. The zero-order valence-electron chi connectivity index (χ0n) is 21.9. The van der Waals surface area contributed by atoms with E-state index >= 15 is 0 Å². The highest BCUT2D eigenvalue weighted by molar-refractivity contribution is 5.70. The number of aryl methyl sites for hydroxylation is 1. The third kappa shape index (κ3) is 7.70. The summed E-state index contributed by atoms with van der Waals surface area (Å²) in [4.78, 5) is 22.6. The van der Waals surface area contributed by atoms with Crippen LogP contribution < -0.4 is 18.9 Å². The first kappa shape index (κ1) is 26.0. The fourth-order valence-electron chi connectivity index (χ4n) is 4.18. The topological polar surface area (TPSA) is 83.0 Å². The minimum Gasteiger partial charge on any atom is -0.493 e. The molecule has 0 aliphatic carbocycles. The van der Waals surface area contributed by atoms with Gasteiger partial charge in [-0.15, -0.1) is 0 Å². The number of piperidine rings is 1. The van der Waals surface area contributed by atoms with Gasteiger partial charge in [0.2, 0.25) is 5.88 Å². The lowest BCUT2D eigenvalue weighted by Crippen LogP contribution is -2.43. The van der Waals surface area contributed by atoms with Crippen molar-refractivity contribution >= 4 is 6.09 Å². The van der Waals surface area contributed by atoms with Crippen molar-refractivity contribution < 1.29 is 23.7 Å². The van der Waals surface area contributed by atoms with Gasteiger partial charge >= 0.3 is 6.09 Å². The average Bonchev–Trinajstić information content (AvgIpc) is 2.97. The number of amides is 1. The van der Waals surface area contributed by atoms with Crippen molar-refractivity contribution in [2.45, 2.75) is 32.3 Å². The number of carbonyl (C=O) groups is 1. The van der Waals surface area contributed by atoms with Gasteiger partial charge in [0, 0.05) is 57.0 Å². The molecular weight excluding hydrogens is 494 g/mol. The monoisotopic (exact) mass is 525 g/mol. The molecule has 0 atom stereocenters. The number of pyridine rings is 2. The first-order chi connectivity index (χ1) is 19.1. The molecule has 200 valence electrons. The summed E-state index contributed by atoms with van der Waals surface area (Å²) in [5, 5.41) is 0. The van der Waals surface area contributed by atoms with Crippen molar-refractivity contribution in [1.29, 1.82) is 0 Å². The zero-order valence-corrected chi connectivity index (χ0v) is 21.9. The van der Waals surface area contributed by atoms with E-state index in [9.17, 15) is 4.79 Å². The van der Waals surface area contributed by atoms with Crippen LogP contribution in [-0.4, -0.2) is 46.8 Å². The molecule has 2 aromatic carbocycles. The van der Waals surface area contributed by atoms with Crippen molar-refractivity contribution in [2.24, 2.45) is 0 Å². The molecule has 0 unspecified atom stereocenters. The van der Waals surface area contributed by atoms with Crippen molar-refractivity contribution in [3.63, 3.8) is 0 Å². The summed E-state index contributed by atoms with van der Waals surface area (Å²) in [6.45, 7) is 3.70. The van der Waals surface area contributed by atoms with Crippen LogP contribution in [0.3, 0.4) is 0 Å². The van der Waals surface area contributed by atoms with Crippen LogP contribution in [0.25, 0.3) is 0 Å². The molecule has 1 amide bonds. The Morgan fingerprint density at radius 1 is 0.846 bits per heavy atom. The van der Waals surface area contributed by atoms with Gasteiger partial charge in [0.1, 0.15) is 29.1 Å². The summed E-state index contributed by atoms with van der Waals surface area (Å²) >= 11 is 0. The van der Waals surface area contributed by atoms with Crippen molar-refractivity contribution in [3.8, 4) is 28.9 Å². The highest BCUT2D eigenvalue weighted by Crippen LogP contribution is 2.25. The number of likely N-dealkylation sites (tertiary alicyclic amines) is 1. The number of aromatic nitrogens is 2. The largest absolute Gasteiger partial charge is 0.493 e. The van der Waals surface area contributed by atoms with Crippen molar-refractivity contribution in [2.75, 3.05) is 19.7 Å². The Morgan fingerprint density at radius 3 is 2.23 bits per heavy atom. The second-order valence-electron chi connectivity index (χ2n) is 9.34. The Balaban J connectivity index is 1.02. The summed E-state index contributed by atoms with van der Waals surface area (Å²) in [5.41, 5.74) is 2.19. The van der Waals surface area contributed by atoms with E-state index in [2.05, 4.69) is 9.97 Å². The third-order valence-corrected chi connectivity index (χ3v) is 6.37. The smallest absolute Gasteiger partial charge is 0.415 e. The number of rotatable bonds is 9. The maximum Gasteiger partial charge on any atom is 0.415 e. The number of ether oxygens (including phenoxy) is 4. The fraction of sp³-hybridized carbons (Fsp3) is 0.258. The Labute approximate surface area is 228 Å². The summed E-state index contributed by atoms with van der Waals surface area (Å²) in [6, 6.07) is 22.5. The van der Waals surface area contributed by atoms with E-state index in [1.807, 2.05) is 79.7 Å². The molecule has 0 saturated carbocycles. The average molecular weight is 526 g/mol. The van der Waals surface area contributed by atoms with Crippen LogP contribution in [0.2, 0.25) is 0 Å². The van der Waals surface area contributed by atoms with E-state index in [-0.39, 0.29) is 12.2 Å². The van der Waals surface area contributed by atoms with Gasteiger partial charge in [-0.05, 0) is 66.6 Å². The minimum absolute atomic E-state index is 0.0354. The number of nitrogens with zero attached hydrogens (tertiary/aromatic N) is 3. The lowest BCUT2D eigenvalue weighted by molar-refractivity contribution is 0.0930. The van der Waals surface area contributed by atoms with Gasteiger partial charge in [-0.1, -0.05) is 18.2 Å². The highest BCUT2D eigenvalue weighted by Gasteiger charge is 2.25. The van der Waals surface area contributed by atoms with E-state index in [1.165, 1.54) is 0 Å². The van der Waals surface area contributed by atoms with Gasteiger partial charge in [0.05, 0.1) is 6.61 Å². The van der Waals surface area contributed by atoms with Crippen LogP contribution in [0.15, 0.2) is 91.4 Å². The normalized spacial score (nSPS) is 13.5. The Kier molecular flexibility index (Phi) is 8.53. The maximum atomic E-state index is 12.7. The maximum absolute atomic E-state index is 12.7. The van der Waals surface area contributed by atoms with E-state index in [0.717, 1.165) is 41.9 Å². The van der Waals surface area contributed by atoms with Crippen LogP contribution in [0.5, 0.6) is 28.9 Å². The standard InChI is InChI=1S/C31H31N3O5/c1-23-2-11-30(33-22-23)38-27-9-7-26(8-10-27)37-29-14-19-34(20-15-29)31(35)39-28-5-3-24(4-6-28)16-21-36-25-12-17-32-18-13-25/h2-13,17-18,22,29H,14-16,19-21H2,1H3. The van der Waals surface area contributed by atoms with Gasteiger partial charge in [0.25, 0.3) is 0 Å². The quantitative estimate of drug-likeness (QED) is 0.256. The van der Waals surface area contributed by atoms with E-state index in [1.54, 1.807) is 23.5 Å². The number of hydrogen-bond acceptors (Lipinski definition) is 7. The van der Waals surface area contributed by atoms with Gasteiger partial charge in [-0.2, -0.15) is 0 Å². The third-order valence-electron chi connectivity index (χ3n) is 6.37. The number of hydrogen-bond donors (Lipinski definition) is 0. The van der Waals surface area contributed by atoms with Gasteiger partial charge in [-0.3, -0.25) is 4.98 Å². The number of benzene rings is 2. The van der Waals surface area contributed by atoms with Crippen molar-refractivity contribution in [1.82, 2.24) is 14.9 Å². The molecule has 0 spiro atoms. The molecule has 1 aliphatic heterocycles. The van der Waals surface area contributed by atoms with Gasteiger partial charge in [0.15, 0.2) is 0 Å². The highest BCUT2D eigenvalue weighted by atomic mass is 16.6. The Hall–Kier alpha value is -4.59. The molecule has 4 aromatic rings. The molecule has 2 aromatic heterocycles. The lowest BCUT2D eigenvalue weighted by atomic mass is 10.1. The molecule has 1 fully saturated rings. The van der Waals surface area contributed by atoms with Crippen molar-refractivity contribution in [3.05, 3.63) is 103 Å². The molecule has 3 heterocycles. The molecule has 8 nitrogen and oxygen atoms in total. The Bertz CT molecular complexity index is 1320. The second kappa shape index (κ2) is 12.8. The molecule has 8 heteroatoms. The summed E-state index contributed by atoms with van der Waals surface area (Å²) in [7, 11) is 0. The van der Waals surface area contributed by atoms with Crippen LogP contribution in [-0.2, 0) is 6.42 Å². The fourth-order valence-corrected chi connectivity index (χ4v) is 4.18. The predicted octanol–water partition coefficient (Wildman–Crippen LogP) is 6.24. The molecule has 5 rings (SSSR count). The summed E-state index contributed by atoms with van der Waals surface area (Å²) in [5.74, 6) is 3.34. The Morgan fingerprint density at radius 2 is 1.54 bits per heavy atom. The van der Waals surface area contributed by atoms with E-state index in [4.69, 9.17) is 18.9 Å². The molecule has 0 N–H and O–H groups in total. The first-order valence-corrected chi connectivity index (χ1v) is 13.1. The zero-order chi connectivity index (χ0) is 26.9. The van der Waals surface area contributed by atoms with Crippen LogP contribution >= 0.6 is 0 Å². The molecule has 1 saturated heterocycles. The number of carbonyl (C=O) groups excluding carboxylic acids is 1. The minimum atomic E-state index is -0.339. The molecular formula is C31H31N3O5. The molecule has 0 radical (unpaired) electrons. The summed E-state index contributed by atoms with van der Waals surface area (Å²) in [6.07, 6.45) is 7.09. The van der Waals surface area contributed by atoms with Crippen LogP contribution in [0, 0.1) is 6.92 Å². The van der Waals surface area contributed by atoms with Crippen LogP contribution in [0.4, 0.5) is 4.79 Å². The first-order valence-electron chi connectivity index (χ1n) is 13.1. The SMILES string of the molecule is Cc1ccc(Oc2ccc(OC3CCN(C(=O)Oc4ccc(CCOc5ccncc5)cc4)CC3)cc2)nc1. The van der Waals surface area contributed by atoms with E-state index < -0.39 is 0 Å². The van der Waals surface area contributed by atoms with Gasteiger partial charge in [-0.25, -0.2) is 9.78 Å². The second-order valence-corrected chi connectivity index (χ2v) is 9.34. The molecule has 0 bridgehead atoms. The van der Waals surface area contributed by atoms with Gasteiger partial charge < -0.3 is 23.8 Å².